The molecule has 0 aliphatic carbocycles. The molecule has 1 heterocycles. The van der Waals surface area contributed by atoms with Gasteiger partial charge >= 0.3 is 12.0 Å². The lowest BCUT2D eigenvalue weighted by molar-refractivity contribution is -0.133. The van der Waals surface area contributed by atoms with Crippen LogP contribution in [0.15, 0.2) is 40.0 Å². The fraction of sp³-hybridized carbons (Fsp3) is 0.167. The quantitative estimate of drug-likeness (QED) is 0.783. The largest absolute Gasteiger partial charge is 0.478 e. The summed E-state index contributed by atoms with van der Waals surface area (Å²) in [6.07, 6.45) is 0. The van der Waals surface area contributed by atoms with E-state index in [1.807, 2.05) is 0 Å². The molecule has 5 nitrogen and oxygen atoms in total. The summed E-state index contributed by atoms with van der Waals surface area (Å²) < 4.78 is 0.893. The van der Waals surface area contributed by atoms with Gasteiger partial charge in [-0.05, 0) is 24.6 Å². The van der Waals surface area contributed by atoms with Gasteiger partial charge in [-0.1, -0.05) is 28.1 Å². The fourth-order valence-corrected chi connectivity index (χ4v) is 2.15. The number of allylic oxidation sites excluding steroid dienone is 1. The molecule has 0 fully saturated rings. The summed E-state index contributed by atoms with van der Waals surface area (Å²) in [6.45, 7) is 1.58. The topological polar surface area (TPSA) is 78.4 Å². The minimum atomic E-state index is -1.05. The number of carboxylic acids is 1. The number of benzene rings is 1. The zero-order valence-electron chi connectivity index (χ0n) is 9.53. The Hall–Kier alpha value is -1.82. The van der Waals surface area contributed by atoms with Gasteiger partial charge in [0.25, 0.3) is 0 Å². The van der Waals surface area contributed by atoms with E-state index in [-0.39, 0.29) is 5.57 Å². The van der Waals surface area contributed by atoms with Crippen LogP contribution >= 0.6 is 15.9 Å². The van der Waals surface area contributed by atoms with Crippen LogP contribution in [0.2, 0.25) is 0 Å². The van der Waals surface area contributed by atoms with Crippen molar-refractivity contribution < 1.29 is 14.7 Å². The summed E-state index contributed by atoms with van der Waals surface area (Å²) in [7, 11) is 0. The van der Waals surface area contributed by atoms with Crippen LogP contribution in [0, 0.1) is 0 Å². The number of carboxylic acid groups (broad SMARTS) is 1. The van der Waals surface area contributed by atoms with Crippen molar-refractivity contribution >= 4 is 27.9 Å². The molecule has 1 aromatic carbocycles. The SMILES string of the molecule is CC1=C(C(=O)O)[C@H](c2ccc(Br)cc2)NC(=O)N1. The van der Waals surface area contributed by atoms with Crippen LogP contribution in [0.3, 0.4) is 0 Å². The van der Waals surface area contributed by atoms with Gasteiger partial charge in [0, 0.05) is 10.2 Å². The maximum absolute atomic E-state index is 11.4. The highest BCUT2D eigenvalue weighted by Gasteiger charge is 2.30. The first-order valence-electron chi connectivity index (χ1n) is 5.26. The summed E-state index contributed by atoms with van der Waals surface area (Å²) in [5, 5.41) is 14.3. The lowest BCUT2D eigenvalue weighted by Crippen LogP contribution is -2.45. The number of nitrogens with one attached hydrogen (secondary N) is 2. The smallest absolute Gasteiger partial charge is 0.335 e. The second kappa shape index (κ2) is 4.81. The molecule has 0 saturated carbocycles. The van der Waals surface area contributed by atoms with Crippen LogP contribution in [-0.2, 0) is 4.79 Å². The first-order chi connectivity index (χ1) is 8.49. The van der Waals surface area contributed by atoms with E-state index in [9.17, 15) is 14.7 Å². The Balaban J connectivity index is 2.46. The molecular weight excluding hydrogens is 300 g/mol. The van der Waals surface area contributed by atoms with Crippen molar-refractivity contribution in [2.24, 2.45) is 0 Å². The molecule has 0 unspecified atom stereocenters. The van der Waals surface area contributed by atoms with Crippen molar-refractivity contribution in [3.8, 4) is 0 Å². The van der Waals surface area contributed by atoms with Crippen molar-refractivity contribution in [1.29, 1.82) is 0 Å². The second-order valence-electron chi connectivity index (χ2n) is 3.93. The van der Waals surface area contributed by atoms with E-state index < -0.39 is 18.0 Å². The minimum absolute atomic E-state index is 0.150. The Morgan fingerprint density at radius 3 is 2.50 bits per heavy atom. The van der Waals surface area contributed by atoms with E-state index in [2.05, 4.69) is 26.6 Å². The number of rotatable bonds is 2. The third-order valence-corrected chi connectivity index (χ3v) is 3.23. The van der Waals surface area contributed by atoms with Gasteiger partial charge in [-0.25, -0.2) is 9.59 Å². The van der Waals surface area contributed by atoms with Gasteiger partial charge in [-0.2, -0.15) is 0 Å². The predicted octanol–water partition coefficient (Wildman–Crippen LogP) is 2.16. The molecule has 1 atom stereocenters. The number of amides is 2. The molecule has 0 spiro atoms. The summed E-state index contributed by atoms with van der Waals surface area (Å²) in [4.78, 5) is 22.7. The van der Waals surface area contributed by atoms with Crippen molar-refractivity contribution in [2.75, 3.05) is 0 Å². The number of carbonyl (C=O) groups excluding carboxylic acids is 1. The zero-order valence-corrected chi connectivity index (χ0v) is 11.1. The van der Waals surface area contributed by atoms with Crippen LogP contribution in [-0.4, -0.2) is 17.1 Å². The maximum Gasteiger partial charge on any atom is 0.335 e. The number of carbonyl (C=O) groups is 2. The molecule has 0 saturated heterocycles. The van der Waals surface area contributed by atoms with Gasteiger partial charge in [-0.3, -0.25) is 0 Å². The first kappa shape index (κ1) is 12.6. The highest BCUT2D eigenvalue weighted by Crippen LogP contribution is 2.27. The van der Waals surface area contributed by atoms with E-state index in [0.717, 1.165) is 10.0 Å². The Morgan fingerprint density at radius 2 is 1.94 bits per heavy atom. The Kier molecular flexibility index (Phi) is 3.38. The highest BCUT2D eigenvalue weighted by molar-refractivity contribution is 9.10. The molecule has 94 valence electrons. The van der Waals surface area contributed by atoms with Crippen LogP contribution in [0.25, 0.3) is 0 Å². The molecule has 18 heavy (non-hydrogen) atoms. The van der Waals surface area contributed by atoms with Gasteiger partial charge < -0.3 is 15.7 Å². The van der Waals surface area contributed by atoms with Crippen molar-refractivity contribution in [1.82, 2.24) is 10.6 Å². The molecule has 0 aromatic heterocycles. The molecule has 1 aliphatic heterocycles. The number of hydrogen-bond acceptors (Lipinski definition) is 2. The lowest BCUT2D eigenvalue weighted by Gasteiger charge is -2.27. The normalized spacial score (nSPS) is 19.2. The maximum atomic E-state index is 11.4. The number of halogens is 1. The van der Waals surface area contributed by atoms with E-state index in [1.165, 1.54) is 0 Å². The average molecular weight is 311 g/mol. The number of urea groups is 1. The summed E-state index contributed by atoms with van der Waals surface area (Å²) >= 11 is 3.31. The molecule has 1 aromatic rings. The van der Waals surface area contributed by atoms with E-state index in [1.54, 1.807) is 31.2 Å². The Labute approximate surface area is 112 Å². The van der Waals surface area contributed by atoms with Gasteiger partial charge in [0.15, 0.2) is 0 Å². The van der Waals surface area contributed by atoms with E-state index >= 15 is 0 Å². The van der Waals surface area contributed by atoms with Crippen LogP contribution in [0.5, 0.6) is 0 Å². The van der Waals surface area contributed by atoms with Gasteiger partial charge in [0.2, 0.25) is 0 Å². The average Bonchev–Trinajstić information content (AvgIpc) is 2.28. The number of hydrogen-bond donors (Lipinski definition) is 3. The number of aliphatic carboxylic acids is 1. The molecular formula is C12H11BrN2O3. The van der Waals surface area contributed by atoms with Crippen LogP contribution in [0.4, 0.5) is 4.79 Å². The first-order valence-corrected chi connectivity index (χ1v) is 6.05. The third-order valence-electron chi connectivity index (χ3n) is 2.70. The Morgan fingerprint density at radius 1 is 1.33 bits per heavy atom. The molecule has 1 aliphatic rings. The van der Waals surface area contributed by atoms with Crippen LogP contribution < -0.4 is 10.6 Å². The molecule has 2 amide bonds. The van der Waals surface area contributed by atoms with Crippen molar-refractivity contribution in [3.05, 3.63) is 45.6 Å². The van der Waals surface area contributed by atoms with E-state index in [4.69, 9.17) is 0 Å². The Bertz CT molecular complexity index is 537. The van der Waals surface area contributed by atoms with Gasteiger partial charge in [0.1, 0.15) is 0 Å². The highest BCUT2D eigenvalue weighted by atomic mass is 79.9. The molecule has 3 N–H and O–H groups in total. The van der Waals surface area contributed by atoms with Crippen LogP contribution in [0.1, 0.15) is 18.5 Å². The lowest BCUT2D eigenvalue weighted by atomic mass is 9.96. The summed E-state index contributed by atoms with van der Waals surface area (Å²) in [6, 6.07) is 6.12. The monoisotopic (exact) mass is 310 g/mol. The summed E-state index contributed by atoms with van der Waals surface area (Å²) in [5.74, 6) is -1.05. The summed E-state index contributed by atoms with van der Waals surface area (Å²) in [5.41, 5.74) is 1.24. The van der Waals surface area contributed by atoms with Crippen molar-refractivity contribution in [2.45, 2.75) is 13.0 Å². The zero-order chi connectivity index (χ0) is 13.3. The van der Waals surface area contributed by atoms with Gasteiger partial charge in [0.05, 0.1) is 11.6 Å². The van der Waals surface area contributed by atoms with Crippen molar-refractivity contribution in [3.63, 3.8) is 0 Å². The molecule has 2 rings (SSSR count). The van der Waals surface area contributed by atoms with Gasteiger partial charge in [-0.15, -0.1) is 0 Å². The third kappa shape index (κ3) is 2.38. The minimum Gasteiger partial charge on any atom is -0.478 e. The van der Waals surface area contributed by atoms with E-state index in [0.29, 0.717) is 5.70 Å². The predicted molar refractivity (Wildman–Crippen MR) is 68.9 cm³/mol. The molecule has 6 heteroatoms. The molecule has 0 bridgehead atoms. The molecule has 0 radical (unpaired) electrons. The standard InChI is InChI=1S/C12H11BrN2O3/c1-6-9(11(16)17)10(15-12(18)14-6)7-2-4-8(13)5-3-7/h2-5,10H,1H3,(H,16,17)(H2,14,15,18)/t10-/m0/s1. The fourth-order valence-electron chi connectivity index (χ4n) is 1.88. The second-order valence-corrected chi connectivity index (χ2v) is 4.84.